The molecule has 2 N–H and O–H groups in total. The fourth-order valence-corrected chi connectivity index (χ4v) is 1.87. The van der Waals surface area contributed by atoms with E-state index in [1.807, 2.05) is 24.3 Å². The number of hydrogen-bond donors (Lipinski definition) is 1. The normalized spacial score (nSPS) is 10.4. The van der Waals surface area contributed by atoms with E-state index >= 15 is 0 Å². The second-order valence-corrected chi connectivity index (χ2v) is 4.39. The third kappa shape index (κ3) is 3.57. The summed E-state index contributed by atoms with van der Waals surface area (Å²) in [7, 11) is 1.60. The third-order valence-electron chi connectivity index (χ3n) is 2.88. The van der Waals surface area contributed by atoms with Crippen molar-refractivity contribution >= 4 is 5.91 Å². The molecule has 0 saturated heterocycles. The summed E-state index contributed by atoms with van der Waals surface area (Å²) in [6.45, 7) is 0. The lowest BCUT2D eigenvalue weighted by Gasteiger charge is -2.02. The zero-order valence-corrected chi connectivity index (χ0v) is 11.3. The fourth-order valence-electron chi connectivity index (χ4n) is 1.87. The average Bonchev–Trinajstić information content (AvgIpc) is 2.92. The number of benzene rings is 1. The van der Waals surface area contributed by atoms with Crippen molar-refractivity contribution in [2.24, 2.45) is 5.73 Å². The Labute approximate surface area is 116 Å². The number of nitrogens with two attached hydrogens (primary N) is 1. The Morgan fingerprint density at radius 1 is 1.35 bits per heavy atom. The molecule has 1 amide bonds. The standard InChI is InChI=1S/C14H17N3O3/c1-19-11-7-3-2-6-10(11)14-16-13(20-17-14)9-5-4-8-12(15)18/h2-3,6-7H,4-5,8-9H2,1H3,(H2,15,18). The van der Waals surface area contributed by atoms with E-state index < -0.39 is 0 Å². The van der Waals surface area contributed by atoms with Gasteiger partial charge in [-0.2, -0.15) is 4.98 Å². The fraction of sp³-hybridized carbons (Fsp3) is 0.357. The highest BCUT2D eigenvalue weighted by Gasteiger charge is 2.12. The first kappa shape index (κ1) is 14.0. The van der Waals surface area contributed by atoms with Crippen molar-refractivity contribution in [3.05, 3.63) is 30.2 Å². The Balaban J connectivity index is 2.00. The van der Waals surface area contributed by atoms with Crippen molar-refractivity contribution in [2.75, 3.05) is 7.11 Å². The van der Waals surface area contributed by atoms with Gasteiger partial charge in [-0.05, 0) is 25.0 Å². The number of aryl methyl sites for hydroxylation is 1. The molecule has 0 unspecified atom stereocenters. The van der Waals surface area contributed by atoms with E-state index in [4.69, 9.17) is 15.0 Å². The molecule has 6 heteroatoms. The maximum Gasteiger partial charge on any atom is 0.226 e. The molecule has 2 rings (SSSR count). The maximum atomic E-state index is 10.6. The molecule has 6 nitrogen and oxygen atoms in total. The lowest BCUT2D eigenvalue weighted by molar-refractivity contribution is -0.118. The first-order valence-electron chi connectivity index (χ1n) is 6.45. The van der Waals surface area contributed by atoms with Gasteiger partial charge < -0.3 is 15.0 Å². The molecular weight excluding hydrogens is 258 g/mol. The lowest BCUT2D eigenvalue weighted by Crippen LogP contribution is -2.09. The second-order valence-electron chi connectivity index (χ2n) is 4.39. The van der Waals surface area contributed by atoms with E-state index in [0.717, 1.165) is 18.4 Å². The SMILES string of the molecule is COc1ccccc1-c1noc(CCCCC(N)=O)n1. The van der Waals surface area contributed by atoms with E-state index in [1.165, 1.54) is 0 Å². The lowest BCUT2D eigenvalue weighted by atomic mass is 10.2. The number of nitrogens with zero attached hydrogens (tertiary/aromatic N) is 2. The van der Waals surface area contributed by atoms with Gasteiger partial charge in [0, 0.05) is 12.8 Å². The van der Waals surface area contributed by atoms with E-state index in [-0.39, 0.29) is 5.91 Å². The van der Waals surface area contributed by atoms with Gasteiger partial charge in [0.1, 0.15) is 5.75 Å². The number of amides is 1. The van der Waals surface area contributed by atoms with Gasteiger partial charge in [-0.25, -0.2) is 0 Å². The van der Waals surface area contributed by atoms with E-state index in [0.29, 0.717) is 30.3 Å². The minimum atomic E-state index is -0.287. The molecule has 0 aliphatic carbocycles. The summed E-state index contributed by atoms with van der Waals surface area (Å²) in [6.07, 6.45) is 2.53. The predicted molar refractivity (Wildman–Crippen MR) is 73.0 cm³/mol. The van der Waals surface area contributed by atoms with Crippen LogP contribution in [0, 0.1) is 0 Å². The number of carbonyl (C=O) groups is 1. The maximum absolute atomic E-state index is 10.6. The first-order chi connectivity index (χ1) is 9.70. The molecule has 0 aliphatic rings. The van der Waals surface area contributed by atoms with Gasteiger partial charge in [0.25, 0.3) is 0 Å². The summed E-state index contributed by atoms with van der Waals surface area (Å²) in [4.78, 5) is 15.0. The molecule has 1 aromatic carbocycles. The van der Waals surface area contributed by atoms with Gasteiger partial charge in [-0.1, -0.05) is 17.3 Å². The Hall–Kier alpha value is -2.37. The Bertz CT molecular complexity index is 581. The molecule has 0 atom stereocenters. The monoisotopic (exact) mass is 275 g/mol. The van der Waals surface area contributed by atoms with Crippen LogP contribution in [0.25, 0.3) is 11.4 Å². The van der Waals surface area contributed by atoms with Crippen LogP contribution < -0.4 is 10.5 Å². The summed E-state index contributed by atoms with van der Waals surface area (Å²) >= 11 is 0. The van der Waals surface area contributed by atoms with Gasteiger partial charge in [-0.3, -0.25) is 4.79 Å². The molecule has 0 radical (unpaired) electrons. The highest BCUT2D eigenvalue weighted by molar-refractivity contribution is 5.73. The van der Waals surface area contributed by atoms with Gasteiger partial charge in [0.15, 0.2) is 0 Å². The topological polar surface area (TPSA) is 91.2 Å². The summed E-state index contributed by atoms with van der Waals surface area (Å²) in [5, 5.41) is 3.95. The molecule has 0 fully saturated rings. The van der Waals surface area contributed by atoms with Crippen molar-refractivity contribution < 1.29 is 14.1 Å². The summed E-state index contributed by atoms with van der Waals surface area (Å²) < 4.78 is 10.5. The zero-order valence-electron chi connectivity index (χ0n) is 11.3. The number of primary amides is 1. The molecule has 20 heavy (non-hydrogen) atoms. The number of methoxy groups -OCH3 is 1. The first-order valence-corrected chi connectivity index (χ1v) is 6.45. The number of ether oxygens (including phenoxy) is 1. The van der Waals surface area contributed by atoms with Crippen LogP contribution in [0.4, 0.5) is 0 Å². The summed E-state index contributed by atoms with van der Waals surface area (Å²) in [5.74, 6) is 1.47. The van der Waals surface area contributed by atoms with Crippen LogP contribution in [0.2, 0.25) is 0 Å². The number of hydrogen-bond acceptors (Lipinski definition) is 5. The van der Waals surface area contributed by atoms with Crippen molar-refractivity contribution in [3.63, 3.8) is 0 Å². The Morgan fingerprint density at radius 2 is 2.15 bits per heavy atom. The zero-order chi connectivity index (χ0) is 14.4. The number of unbranched alkanes of at least 4 members (excludes halogenated alkanes) is 1. The predicted octanol–water partition coefficient (Wildman–Crippen LogP) is 1.94. The quantitative estimate of drug-likeness (QED) is 0.780. The average molecular weight is 275 g/mol. The smallest absolute Gasteiger partial charge is 0.226 e. The largest absolute Gasteiger partial charge is 0.496 e. The number of carbonyl (C=O) groups excluding carboxylic acids is 1. The van der Waals surface area contributed by atoms with Crippen LogP contribution in [0.1, 0.15) is 25.2 Å². The molecule has 0 bridgehead atoms. The van der Waals surface area contributed by atoms with Gasteiger partial charge >= 0.3 is 0 Å². The van der Waals surface area contributed by atoms with Gasteiger partial charge in [0.2, 0.25) is 17.6 Å². The molecule has 0 saturated carbocycles. The van der Waals surface area contributed by atoms with Crippen LogP contribution >= 0.6 is 0 Å². The number of para-hydroxylation sites is 1. The number of rotatable bonds is 7. The van der Waals surface area contributed by atoms with E-state index in [9.17, 15) is 4.79 Å². The van der Waals surface area contributed by atoms with E-state index in [1.54, 1.807) is 7.11 Å². The number of aromatic nitrogens is 2. The van der Waals surface area contributed by atoms with Gasteiger partial charge in [0.05, 0.1) is 12.7 Å². The highest BCUT2D eigenvalue weighted by atomic mass is 16.5. The molecule has 2 aromatic rings. The molecule has 1 aromatic heterocycles. The van der Waals surface area contributed by atoms with Crippen LogP contribution in [0.3, 0.4) is 0 Å². The summed E-state index contributed by atoms with van der Waals surface area (Å²) in [6, 6.07) is 7.49. The highest BCUT2D eigenvalue weighted by Crippen LogP contribution is 2.27. The molecule has 0 spiro atoms. The van der Waals surface area contributed by atoms with Crippen LogP contribution in [-0.4, -0.2) is 23.2 Å². The second kappa shape index (κ2) is 6.70. The van der Waals surface area contributed by atoms with Crippen molar-refractivity contribution in [3.8, 4) is 17.1 Å². The van der Waals surface area contributed by atoms with E-state index in [2.05, 4.69) is 10.1 Å². The molecule has 1 heterocycles. The van der Waals surface area contributed by atoms with Crippen molar-refractivity contribution in [2.45, 2.75) is 25.7 Å². The minimum absolute atomic E-state index is 0.287. The van der Waals surface area contributed by atoms with Crippen LogP contribution in [0.15, 0.2) is 28.8 Å². The molecule has 106 valence electrons. The van der Waals surface area contributed by atoms with Crippen molar-refractivity contribution in [1.29, 1.82) is 0 Å². The summed E-state index contributed by atoms with van der Waals surface area (Å²) in [5.41, 5.74) is 5.87. The third-order valence-corrected chi connectivity index (χ3v) is 2.88. The van der Waals surface area contributed by atoms with Crippen molar-refractivity contribution in [1.82, 2.24) is 10.1 Å². The van der Waals surface area contributed by atoms with Crippen LogP contribution in [0.5, 0.6) is 5.75 Å². The Morgan fingerprint density at radius 3 is 2.90 bits per heavy atom. The minimum Gasteiger partial charge on any atom is -0.496 e. The Kier molecular flexibility index (Phi) is 4.70. The molecule has 0 aliphatic heterocycles. The van der Waals surface area contributed by atoms with Gasteiger partial charge in [-0.15, -0.1) is 0 Å². The van der Waals surface area contributed by atoms with Crippen LogP contribution in [-0.2, 0) is 11.2 Å². The molecular formula is C14H17N3O3.